The summed E-state index contributed by atoms with van der Waals surface area (Å²) in [5, 5.41) is 10.4. The lowest BCUT2D eigenvalue weighted by molar-refractivity contribution is 0.714. The van der Waals surface area contributed by atoms with E-state index in [0.29, 0.717) is 28.7 Å². The van der Waals surface area contributed by atoms with Gasteiger partial charge in [0.2, 0.25) is 0 Å². The number of pyridine rings is 1. The van der Waals surface area contributed by atoms with Gasteiger partial charge in [-0.1, -0.05) is 53.7 Å². The highest BCUT2D eigenvalue weighted by Crippen LogP contribution is 2.27. The number of hydrogen-bond donors (Lipinski definition) is 0. The third kappa shape index (κ3) is 4.69. The highest BCUT2D eigenvalue weighted by atomic mass is 35.5. The van der Waals surface area contributed by atoms with Gasteiger partial charge in [-0.05, 0) is 54.4 Å². The SMILES string of the molecule is Cc1ccn2c(=O)cc(CSc3nnc(-c4ccc(Cl)cc4)n3Cc3ccccc3)nc2c1. The van der Waals surface area contributed by atoms with Crippen LogP contribution >= 0.6 is 23.4 Å². The predicted octanol–water partition coefficient (Wildman–Crippen LogP) is 5.26. The van der Waals surface area contributed by atoms with Crippen molar-refractivity contribution in [1.29, 1.82) is 0 Å². The molecule has 5 aromatic rings. The van der Waals surface area contributed by atoms with Gasteiger partial charge in [-0.25, -0.2) is 4.98 Å². The zero-order valence-corrected chi connectivity index (χ0v) is 19.4. The molecule has 0 fully saturated rings. The number of benzene rings is 2. The zero-order valence-electron chi connectivity index (χ0n) is 17.9. The summed E-state index contributed by atoms with van der Waals surface area (Å²) in [6.07, 6.45) is 1.76. The maximum absolute atomic E-state index is 12.5. The van der Waals surface area contributed by atoms with E-state index in [1.807, 2.05) is 61.5 Å². The second-order valence-electron chi connectivity index (χ2n) is 7.69. The Labute approximate surface area is 199 Å². The molecule has 164 valence electrons. The van der Waals surface area contributed by atoms with Crippen LogP contribution in [0.3, 0.4) is 0 Å². The average molecular weight is 474 g/mol. The minimum atomic E-state index is -0.0943. The minimum Gasteiger partial charge on any atom is -0.298 e. The largest absolute Gasteiger partial charge is 0.298 e. The number of aromatic nitrogens is 5. The molecule has 0 saturated carbocycles. The molecule has 3 heterocycles. The summed E-state index contributed by atoms with van der Waals surface area (Å²) >= 11 is 7.59. The molecule has 8 heteroatoms. The van der Waals surface area contributed by atoms with Crippen LogP contribution < -0.4 is 5.56 Å². The highest BCUT2D eigenvalue weighted by molar-refractivity contribution is 7.98. The van der Waals surface area contributed by atoms with Crippen molar-refractivity contribution in [1.82, 2.24) is 24.1 Å². The van der Waals surface area contributed by atoms with Gasteiger partial charge < -0.3 is 0 Å². The minimum absolute atomic E-state index is 0.0943. The van der Waals surface area contributed by atoms with E-state index >= 15 is 0 Å². The summed E-state index contributed by atoms with van der Waals surface area (Å²) in [7, 11) is 0. The van der Waals surface area contributed by atoms with Gasteiger partial charge >= 0.3 is 0 Å². The number of nitrogens with zero attached hydrogens (tertiary/aromatic N) is 5. The van der Waals surface area contributed by atoms with E-state index in [2.05, 4.69) is 31.9 Å². The van der Waals surface area contributed by atoms with Gasteiger partial charge in [0.25, 0.3) is 5.56 Å². The van der Waals surface area contributed by atoms with Gasteiger partial charge in [0.1, 0.15) is 5.65 Å². The molecule has 0 aliphatic heterocycles. The van der Waals surface area contributed by atoms with Gasteiger partial charge in [0.15, 0.2) is 11.0 Å². The molecular weight excluding hydrogens is 454 g/mol. The number of fused-ring (bicyclic) bond motifs is 1. The van der Waals surface area contributed by atoms with Gasteiger partial charge in [-0.2, -0.15) is 0 Å². The third-order valence-corrected chi connectivity index (χ3v) is 6.48. The van der Waals surface area contributed by atoms with Gasteiger partial charge in [-0.15, -0.1) is 10.2 Å². The van der Waals surface area contributed by atoms with Crippen molar-refractivity contribution in [3.8, 4) is 11.4 Å². The van der Waals surface area contributed by atoms with Crippen molar-refractivity contribution in [2.75, 3.05) is 0 Å². The quantitative estimate of drug-likeness (QED) is 0.315. The lowest BCUT2D eigenvalue weighted by Gasteiger charge is -2.11. The van der Waals surface area contributed by atoms with Crippen LogP contribution in [-0.4, -0.2) is 24.1 Å². The number of rotatable bonds is 6. The maximum Gasteiger partial charge on any atom is 0.258 e. The summed E-state index contributed by atoms with van der Waals surface area (Å²) in [5.41, 5.74) is 4.40. The Hall–Kier alpha value is -3.42. The van der Waals surface area contributed by atoms with Crippen molar-refractivity contribution < 1.29 is 0 Å². The average Bonchev–Trinajstić information content (AvgIpc) is 3.21. The number of aryl methyl sites for hydroxylation is 1. The third-order valence-electron chi connectivity index (χ3n) is 5.23. The molecule has 33 heavy (non-hydrogen) atoms. The van der Waals surface area contributed by atoms with E-state index in [4.69, 9.17) is 11.6 Å². The van der Waals surface area contributed by atoms with Crippen LogP contribution in [-0.2, 0) is 12.3 Å². The van der Waals surface area contributed by atoms with Crippen LogP contribution in [0, 0.1) is 6.92 Å². The first-order chi connectivity index (χ1) is 16.1. The fourth-order valence-corrected chi connectivity index (χ4v) is 4.54. The van der Waals surface area contributed by atoms with Crippen LogP contribution in [0.1, 0.15) is 16.8 Å². The van der Waals surface area contributed by atoms with Crippen molar-refractivity contribution in [3.63, 3.8) is 0 Å². The molecule has 6 nitrogen and oxygen atoms in total. The summed E-state index contributed by atoms with van der Waals surface area (Å²) in [6.45, 7) is 2.61. The molecule has 0 bridgehead atoms. The second kappa shape index (κ2) is 9.21. The molecule has 0 N–H and O–H groups in total. The first-order valence-corrected chi connectivity index (χ1v) is 11.8. The van der Waals surface area contributed by atoms with E-state index in [-0.39, 0.29) is 5.56 Å². The Morgan fingerprint density at radius 3 is 2.55 bits per heavy atom. The molecule has 0 atom stereocenters. The van der Waals surface area contributed by atoms with Crippen molar-refractivity contribution >= 4 is 29.0 Å². The molecule has 0 unspecified atom stereocenters. The van der Waals surface area contributed by atoms with Crippen LogP contribution in [0.5, 0.6) is 0 Å². The standard InChI is InChI=1S/C25H20ClN5OS/c1-17-11-12-30-22(13-17)27-21(14-23(30)32)16-33-25-29-28-24(19-7-9-20(26)10-8-19)31(25)15-18-5-3-2-4-6-18/h2-14H,15-16H2,1H3. The molecular formula is C25H20ClN5OS. The highest BCUT2D eigenvalue weighted by Gasteiger charge is 2.16. The van der Waals surface area contributed by atoms with Crippen LogP contribution in [0.15, 0.2) is 88.9 Å². The molecule has 0 spiro atoms. The number of thioether (sulfide) groups is 1. The topological polar surface area (TPSA) is 65.1 Å². The Morgan fingerprint density at radius 1 is 0.970 bits per heavy atom. The van der Waals surface area contributed by atoms with Crippen molar-refractivity contribution in [2.24, 2.45) is 0 Å². The molecule has 3 aromatic heterocycles. The summed E-state index contributed by atoms with van der Waals surface area (Å²) < 4.78 is 3.64. The molecule has 2 aromatic carbocycles. The lowest BCUT2D eigenvalue weighted by atomic mass is 10.2. The molecule has 0 saturated heterocycles. The van der Waals surface area contributed by atoms with Crippen LogP contribution in [0.2, 0.25) is 5.02 Å². The Morgan fingerprint density at radius 2 is 1.76 bits per heavy atom. The van der Waals surface area contributed by atoms with Crippen molar-refractivity contribution in [3.05, 3.63) is 111 Å². The first-order valence-electron chi connectivity index (χ1n) is 10.4. The molecule has 5 rings (SSSR count). The summed E-state index contributed by atoms with van der Waals surface area (Å²) in [5.74, 6) is 1.27. The molecule has 0 aliphatic rings. The Balaban J connectivity index is 1.48. The fraction of sp³-hybridized carbons (Fsp3) is 0.120. The number of hydrogen-bond acceptors (Lipinski definition) is 5. The number of halogens is 1. The Bertz CT molecular complexity index is 1480. The monoisotopic (exact) mass is 473 g/mol. The predicted molar refractivity (Wildman–Crippen MR) is 132 cm³/mol. The van der Waals surface area contributed by atoms with E-state index in [1.54, 1.807) is 16.7 Å². The summed E-state index contributed by atoms with van der Waals surface area (Å²) in [4.78, 5) is 17.2. The second-order valence-corrected chi connectivity index (χ2v) is 9.07. The lowest BCUT2D eigenvalue weighted by Crippen LogP contribution is -2.15. The molecule has 0 aliphatic carbocycles. The van der Waals surface area contributed by atoms with Crippen LogP contribution in [0.25, 0.3) is 17.0 Å². The summed E-state index contributed by atoms with van der Waals surface area (Å²) in [6, 6.07) is 23.1. The van der Waals surface area contributed by atoms with Gasteiger partial charge in [0.05, 0.1) is 12.2 Å². The van der Waals surface area contributed by atoms with E-state index in [9.17, 15) is 4.79 Å². The first kappa shape index (κ1) is 21.4. The van der Waals surface area contributed by atoms with Crippen molar-refractivity contribution in [2.45, 2.75) is 24.4 Å². The normalized spacial score (nSPS) is 11.2. The maximum atomic E-state index is 12.5. The van der Waals surface area contributed by atoms with E-state index in [1.165, 1.54) is 11.8 Å². The zero-order chi connectivity index (χ0) is 22.8. The Kier molecular flexibility index (Phi) is 5.98. The molecule has 0 radical (unpaired) electrons. The van der Waals surface area contributed by atoms with Crippen LogP contribution in [0.4, 0.5) is 0 Å². The van der Waals surface area contributed by atoms with E-state index in [0.717, 1.165) is 27.7 Å². The smallest absolute Gasteiger partial charge is 0.258 e. The molecule has 0 amide bonds. The van der Waals surface area contributed by atoms with Gasteiger partial charge in [0, 0.05) is 28.6 Å². The fourth-order valence-electron chi connectivity index (χ4n) is 3.58. The van der Waals surface area contributed by atoms with E-state index < -0.39 is 0 Å². The van der Waals surface area contributed by atoms with Gasteiger partial charge in [-0.3, -0.25) is 13.8 Å².